The van der Waals surface area contributed by atoms with Crippen LogP contribution in [0.3, 0.4) is 0 Å². The average Bonchev–Trinajstić information content (AvgIpc) is 3.35. The number of nitrogens with two attached hydrogens (primary N) is 1. The molecule has 3 aromatic rings. The van der Waals surface area contributed by atoms with Crippen LogP contribution >= 0.6 is 0 Å². The molecule has 5 N–H and O–H groups in total. The molecule has 0 atom stereocenters. The molecule has 0 bridgehead atoms. The van der Waals surface area contributed by atoms with E-state index >= 15 is 0 Å². The third-order valence-corrected chi connectivity index (χ3v) is 8.28. The highest BCUT2D eigenvalue weighted by atomic mass is 16.5. The highest BCUT2D eigenvalue weighted by molar-refractivity contribution is 5.97. The first-order valence-electron chi connectivity index (χ1n) is 13.8. The number of piperazine rings is 1. The number of ether oxygens (including phenoxy) is 1. The van der Waals surface area contributed by atoms with Crippen LogP contribution in [0, 0.1) is 12.3 Å². The maximum atomic E-state index is 12.5. The number of anilines is 4. The molecule has 4 heterocycles. The molecule has 1 aliphatic carbocycles. The van der Waals surface area contributed by atoms with Gasteiger partial charge < -0.3 is 30.9 Å². The summed E-state index contributed by atoms with van der Waals surface area (Å²) < 4.78 is 5.49. The van der Waals surface area contributed by atoms with Crippen molar-refractivity contribution in [3.63, 3.8) is 0 Å². The van der Waals surface area contributed by atoms with Crippen LogP contribution in [0.5, 0.6) is 0 Å². The number of nitrogens with one attached hydrogen (secondary N) is 3. The van der Waals surface area contributed by atoms with E-state index in [-0.39, 0.29) is 11.7 Å². The summed E-state index contributed by atoms with van der Waals surface area (Å²) in [6.45, 7) is 7.75. The number of likely N-dealkylation sites (N-methyl/N-ethyl adjacent to an activating group) is 1. The first-order valence-corrected chi connectivity index (χ1v) is 13.8. The number of amides is 1. The van der Waals surface area contributed by atoms with Gasteiger partial charge in [0, 0.05) is 54.7 Å². The van der Waals surface area contributed by atoms with E-state index in [0.29, 0.717) is 28.4 Å². The van der Waals surface area contributed by atoms with E-state index in [4.69, 9.17) is 20.4 Å². The number of aryl methyl sites for hydroxylation is 1. The molecule has 11 heteroatoms. The van der Waals surface area contributed by atoms with Gasteiger partial charge >= 0.3 is 0 Å². The zero-order valence-electron chi connectivity index (χ0n) is 22.7. The monoisotopic (exact) mass is 531 g/mol. The lowest BCUT2D eigenvalue weighted by Gasteiger charge is -2.46. The molecule has 206 valence electrons. The Hall–Kier alpha value is -3.70. The number of nitrogens with zero attached hydrogens (tertiary/aromatic N) is 5. The number of rotatable bonds is 7. The Morgan fingerprint density at radius 3 is 2.38 bits per heavy atom. The van der Waals surface area contributed by atoms with Crippen molar-refractivity contribution in [2.45, 2.75) is 38.6 Å². The lowest BCUT2D eigenvalue weighted by molar-refractivity contribution is -0.131. The van der Waals surface area contributed by atoms with Crippen LogP contribution in [-0.4, -0.2) is 83.5 Å². The number of benzene rings is 1. The van der Waals surface area contributed by atoms with Crippen molar-refractivity contribution >= 4 is 28.9 Å². The molecular weight excluding hydrogens is 494 g/mol. The maximum Gasteiger partial charge on any atom is 0.271 e. The summed E-state index contributed by atoms with van der Waals surface area (Å²) in [4.78, 5) is 26.8. The van der Waals surface area contributed by atoms with Gasteiger partial charge in [0.05, 0.1) is 13.2 Å². The minimum absolute atomic E-state index is 0.0774. The van der Waals surface area contributed by atoms with E-state index in [1.54, 1.807) is 0 Å². The molecule has 1 spiro atoms. The van der Waals surface area contributed by atoms with Crippen molar-refractivity contribution in [1.29, 1.82) is 0 Å². The summed E-state index contributed by atoms with van der Waals surface area (Å²) in [7, 11) is 2.15. The van der Waals surface area contributed by atoms with Crippen molar-refractivity contribution in [3.8, 4) is 11.4 Å². The predicted molar refractivity (Wildman–Crippen MR) is 151 cm³/mol. The molecule has 1 saturated carbocycles. The second-order valence-electron chi connectivity index (χ2n) is 11.3. The number of H-pyrrole nitrogens is 1. The van der Waals surface area contributed by atoms with Crippen molar-refractivity contribution in [3.05, 3.63) is 41.7 Å². The number of primary amides is 1. The van der Waals surface area contributed by atoms with Crippen molar-refractivity contribution in [2.75, 3.05) is 62.0 Å². The summed E-state index contributed by atoms with van der Waals surface area (Å²) in [5.74, 6) is 0.269. The fourth-order valence-electron chi connectivity index (χ4n) is 5.72. The van der Waals surface area contributed by atoms with Crippen LogP contribution < -0.4 is 21.3 Å². The van der Waals surface area contributed by atoms with Crippen LogP contribution in [-0.2, 0) is 4.74 Å². The maximum absolute atomic E-state index is 12.5. The largest absolute Gasteiger partial charge is 0.380 e. The lowest BCUT2D eigenvalue weighted by atomic mass is 9.71. The molecule has 39 heavy (non-hydrogen) atoms. The average molecular weight is 532 g/mol. The van der Waals surface area contributed by atoms with E-state index in [0.717, 1.165) is 76.5 Å². The third-order valence-electron chi connectivity index (χ3n) is 8.28. The van der Waals surface area contributed by atoms with E-state index in [1.165, 1.54) is 5.69 Å². The Bertz CT molecular complexity index is 1320. The topological polar surface area (TPSA) is 137 Å². The number of hydrogen-bond donors (Lipinski definition) is 4. The molecule has 6 rings (SSSR count). The fourth-order valence-corrected chi connectivity index (χ4v) is 5.72. The summed E-state index contributed by atoms with van der Waals surface area (Å²) in [5.41, 5.74) is 10.2. The van der Waals surface area contributed by atoms with Gasteiger partial charge in [-0.3, -0.25) is 9.89 Å². The Labute approximate surface area is 228 Å². The van der Waals surface area contributed by atoms with Crippen LogP contribution in [0.1, 0.15) is 41.9 Å². The van der Waals surface area contributed by atoms with Crippen LogP contribution in [0.15, 0.2) is 30.3 Å². The normalized spacial score (nSPS) is 19.6. The van der Waals surface area contributed by atoms with E-state index in [1.807, 2.05) is 25.1 Å². The van der Waals surface area contributed by atoms with Crippen LogP contribution in [0.4, 0.5) is 23.0 Å². The molecule has 2 aliphatic heterocycles. The van der Waals surface area contributed by atoms with Gasteiger partial charge in [-0.2, -0.15) is 5.10 Å². The summed E-state index contributed by atoms with van der Waals surface area (Å²) >= 11 is 0. The number of aromatic nitrogens is 4. The molecule has 2 saturated heterocycles. The van der Waals surface area contributed by atoms with E-state index in [2.05, 4.69) is 49.8 Å². The first kappa shape index (κ1) is 25.6. The van der Waals surface area contributed by atoms with Gasteiger partial charge in [0.25, 0.3) is 5.91 Å². The SMILES string of the molecule is Cc1cc(-c2nc(C(N)=O)c(Nc3ccc(N4CCN(C)CC4)cc3)nc2NC2CCC3(CC2)COC3)n[nH]1. The van der Waals surface area contributed by atoms with E-state index in [9.17, 15) is 4.79 Å². The fraction of sp³-hybridized carbons (Fsp3) is 0.500. The Kier molecular flexibility index (Phi) is 6.86. The molecule has 0 radical (unpaired) electrons. The predicted octanol–water partition coefficient (Wildman–Crippen LogP) is 3.14. The Morgan fingerprint density at radius 2 is 1.79 bits per heavy atom. The second kappa shape index (κ2) is 10.5. The van der Waals surface area contributed by atoms with Gasteiger partial charge in [-0.25, -0.2) is 9.97 Å². The molecule has 1 aromatic carbocycles. The Balaban J connectivity index is 1.27. The zero-order chi connectivity index (χ0) is 27.0. The standard InChI is InChI=1S/C28H37N9O2/c1-18-15-22(35-34-18)23-26(31-20-7-9-28(10-8-20)16-39-17-28)33-27(24(32-23)25(29)38)30-19-3-5-21(6-4-19)37-13-11-36(2)12-14-37/h3-6,15,20H,7-14,16-17H2,1-2H3,(H2,29,38)(H,34,35)(H2,30,31,33). The van der Waals surface area contributed by atoms with Gasteiger partial charge in [-0.15, -0.1) is 0 Å². The quantitative estimate of drug-likeness (QED) is 0.362. The summed E-state index contributed by atoms with van der Waals surface area (Å²) in [6.07, 6.45) is 4.30. The van der Waals surface area contributed by atoms with Gasteiger partial charge in [-0.1, -0.05) is 0 Å². The van der Waals surface area contributed by atoms with Crippen molar-refractivity contribution in [1.82, 2.24) is 25.1 Å². The number of aromatic amines is 1. The van der Waals surface area contributed by atoms with Gasteiger partial charge in [0.1, 0.15) is 11.4 Å². The van der Waals surface area contributed by atoms with Gasteiger partial charge in [0.15, 0.2) is 17.3 Å². The number of hydrogen-bond acceptors (Lipinski definition) is 9. The first-order chi connectivity index (χ1) is 18.9. The van der Waals surface area contributed by atoms with E-state index < -0.39 is 5.91 Å². The molecule has 1 amide bonds. The molecule has 3 aliphatic rings. The summed E-state index contributed by atoms with van der Waals surface area (Å²) in [6, 6.07) is 10.3. The van der Waals surface area contributed by atoms with Crippen molar-refractivity contribution in [2.24, 2.45) is 11.1 Å². The van der Waals surface area contributed by atoms with Crippen molar-refractivity contribution < 1.29 is 9.53 Å². The molecule has 2 aromatic heterocycles. The minimum Gasteiger partial charge on any atom is -0.380 e. The minimum atomic E-state index is -0.649. The molecule has 0 unspecified atom stereocenters. The zero-order valence-corrected chi connectivity index (χ0v) is 22.7. The highest BCUT2D eigenvalue weighted by Gasteiger charge is 2.41. The molecular formula is C28H37N9O2. The van der Waals surface area contributed by atoms with Gasteiger partial charge in [-0.05, 0) is 70.0 Å². The highest BCUT2D eigenvalue weighted by Crippen LogP contribution is 2.43. The number of carbonyl (C=O) groups excluding carboxylic acids is 1. The second-order valence-corrected chi connectivity index (χ2v) is 11.3. The molecule has 11 nitrogen and oxygen atoms in total. The summed E-state index contributed by atoms with van der Waals surface area (Å²) in [5, 5.41) is 14.3. The smallest absolute Gasteiger partial charge is 0.271 e. The van der Waals surface area contributed by atoms with Crippen LogP contribution in [0.25, 0.3) is 11.4 Å². The Morgan fingerprint density at radius 1 is 1.08 bits per heavy atom. The lowest BCUT2D eigenvalue weighted by Crippen LogP contribution is -2.47. The van der Waals surface area contributed by atoms with Gasteiger partial charge in [0.2, 0.25) is 0 Å². The third kappa shape index (κ3) is 5.41. The van der Waals surface area contributed by atoms with Crippen LogP contribution in [0.2, 0.25) is 0 Å². The number of carbonyl (C=O) groups is 1. The molecule has 3 fully saturated rings.